The predicted molar refractivity (Wildman–Crippen MR) is 93.1 cm³/mol. The van der Waals surface area contributed by atoms with Crippen molar-refractivity contribution in [1.29, 1.82) is 0 Å². The molecule has 3 heterocycles. The summed E-state index contributed by atoms with van der Waals surface area (Å²) in [6.07, 6.45) is 3.68. The largest absolute Gasteiger partial charge is 0.469 e. The van der Waals surface area contributed by atoms with Crippen molar-refractivity contribution in [3.05, 3.63) is 50.6 Å². The molecule has 0 bridgehead atoms. The van der Waals surface area contributed by atoms with E-state index in [1.54, 1.807) is 6.07 Å². The molecule has 1 saturated heterocycles. The number of hydrogen-bond donors (Lipinski definition) is 2. The minimum atomic E-state index is -0.426. The summed E-state index contributed by atoms with van der Waals surface area (Å²) in [5.74, 6) is 1.10. The number of carbonyl (C=O) groups excluding carboxylic acids is 1. The first kappa shape index (κ1) is 17.1. The van der Waals surface area contributed by atoms with Crippen LogP contribution in [0.15, 0.2) is 32.4 Å². The van der Waals surface area contributed by atoms with Crippen molar-refractivity contribution in [2.75, 3.05) is 18.0 Å². The topological polar surface area (TPSA) is 100 Å². The normalized spacial score (nSPS) is 15.4. The van der Waals surface area contributed by atoms with Crippen LogP contribution in [0.5, 0.6) is 0 Å². The first-order valence-corrected chi connectivity index (χ1v) is 8.42. The molecule has 0 aliphatic carbocycles. The number of rotatable bonds is 4. The molecule has 25 heavy (non-hydrogen) atoms. The van der Waals surface area contributed by atoms with Gasteiger partial charge in [-0.05, 0) is 18.9 Å². The molecule has 1 amide bonds. The number of furan rings is 1. The quantitative estimate of drug-likeness (QED) is 0.846. The number of aromatic nitrogens is 2. The molecule has 2 aromatic rings. The van der Waals surface area contributed by atoms with Crippen LogP contribution in [-0.4, -0.2) is 34.6 Å². The fourth-order valence-corrected chi connectivity index (χ4v) is 3.06. The van der Waals surface area contributed by atoms with E-state index in [2.05, 4.69) is 10.3 Å². The fourth-order valence-electron chi connectivity index (χ4n) is 3.06. The number of carbonyl (C=O) groups is 1. The van der Waals surface area contributed by atoms with Crippen LogP contribution >= 0.6 is 0 Å². The number of H-pyrrole nitrogens is 1. The van der Waals surface area contributed by atoms with Crippen molar-refractivity contribution in [1.82, 2.24) is 14.9 Å². The SMILES string of the molecule is CCc1occc1C(=O)NC1CCN(c2cc(=O)n(C)c(=O)[nH]2)CC1. The molecule has 0 saturated carbocycles. The van der Waals surface area contributed by atoms with E-state index < -0.39 is 5.69 Å². The lowest BCUT2D eigenvalue weighted by Crippen LogP contribution is -2.46. The Hall–Kier alpha value is -2.77. The molecule has 0 aromatic carbocycles. The molecule has 0 atom stereocenters. The highest BCUT2D eigenvalue weighted by molar-refractivity contribution is 5.95. The van der Waals surface area contributed by atoms with Crippen LogP contribution in [0.2, 0.25) is 0 Å². The Morgan fingerprint density at radius 2 is 2.08 bits per heavy atom. The molecule has 134 valence electrons. The lowest BCUT2D eigenvalue weighted by molar-refractivity contribution is 0.0929. The average molecular weight is 346 g/mol. The van der Waals surface area contributed by atoms with Crippen LogP contribution in [0, 0.1) is 0 Å². The van der Waals surface area contributed by atoms with Gasteiger partial charge in [-0.25, -0.2) is 4.79 Å². The Kier molecular flexibility index (Phi) is 4.78. The van der Waals surface area contributed by atoms with Gasteiger partial charge in [0, 0.05) is 38.7 Å². The molecule has 1 aliphatic heterocycles. The van der Waals surface area contributed by atoms with E-state index in [-0.39, 0.29) is 17.5 Å². The summed E-state index contributed by atoms with van der Waals surface area (Å²) in [5, 5.41) is 3.04. The maximum atomic E-state index is 12.4. The molecule has 0 unspecified atom stereocenters. The van der Waals surface area contributed by atoms with Gasteiger partial charge in [0.2, 0.25) is 0 Å². The number of aromatic amines is 1. The number of anilines is 1. The zero-order valence-corrected chi connectivity index (χ0v) is 14.4. The first-order valence-electron chi connectivity index (χ1n) is 8.42. The minimum Gasteiger partial charge on any atom is -0.469 e. The Morgan fingerprint density at radius 1 is 1.36 bits per heavy atom. The Labute approximate surface area is 144 Å². The van der Waals surface area contributed by atoms with Crippen LogP contribution < -0.4 is 21.5 Å². The van der Waals surface area contributed by atoms with Gasteiger partial charge in [-0.15, -0.1) is 0 Å². The summed E-state index contributed by atoms with van der Waals surface area (Å²) in [6, 6.07) is 3.18. The first-order chi connectivity index (χ1) is 12.0. The summed E-state index contributed by atoms with van der Waals surface area (Å²) < 4.78 is 6.33. The summed E-state index contributed by atoms with van der Waals surface area (Å²) in [4.78, 5) is 40.5. The second-order valence-corrected chi connectivity index (χ2v) is 6.20. The van der Waals surface area contributed by atoms with Crippen LogP contribution in [0.4, 0.5) is 5.82 Å². The number of aryl methyl sites for hydroxylation is 1. The van der Waals surface area contributed by atoms with Crippen LogP contribution in [-0.2, 0) is 13.5 Å². The van der Waals surface area contributed by atoms with Crippen LogP contribution in [0.1, 0.15) is 35.9 Å². The number of nitrogens with one attached hydrogen (secondary N) is 2. The fraction of sp³-hybridized carbons (Fsp3) is 0.471. The highest BCUT2D eigenvalue weighted by atomic mass is 16.3. The van der Waals surface area contributed by atoms with Crippen molar-refractivity contribution in [2.45, 2.75) is 32.2 Å². The molecule has 1 fully saturated rings. The van der Waals surface area contributed by atoms with Gasteiger partial charge in [0.25, 0.3) is 11.5 Å². The summed E-state index contributed by atoms with van der Waals surface area (Å²) in [5.41, 5.74) is -0.174. The van der Waals surface area contributed by atoms with Gasteiger partial charge >= 0.3 is 5.69 Å². The maximum absolute atomic E-state index is 12.4. The van der Waals surface area contributed by atoms with E-state index in [0.717, 1.165) is 17.4 Å². The molecular weight excluding hydrogens is 324 g/mol. The van der Waals surface area contributed by atoms with E-state index >= 15 is 0 Å². The number of piperidine rings is 1. The van der Waals surface area contributed by atoms with Gasteiger partial charge in [-0.2, -0.15) is 0 Å². The van der Waals surface area contributed by atoms with E-state index in [1.807, 2.05) is 11.8 Å². The van der Waals surface area contributed by atoms with E-state index in [9.17, 15) is 14.4 Å². The molecule has 8 heteroatoms. The third-order valence-electron chi connectivity index (χ3n) is 4.61. The van der Waals surface area contributed by atoms with Gasteiger partial charge in [0.1, 0.15) is 11.6 Å². The summed E-state index contributed by atoms with van der Waals surface area (Å²) >= 11 is 0. The number of hydrogen-bond acceptors (Lipinski definition) is 5. The number of nitrogens with zero attached hydrogens (tertiary/aromatic N) is 2. The third kappa shape index (κ3) is 3.52. The highest BCUT2D eigenvalue weighted by Gasteiger charge is 2.23. The lowest BCUT2D eigenvalue weighted by atomic mass is 10.0. The Balaban J connectivity index is 1.61. The monoisotopic (exact) mass is 346 g/mol. The molecule has 0 radical (unpaired) electrons. The molecular formula is C17H22N4O4. The molecule has 3 rings (SSSR count). The number of amides is 1. The van der Waals surface area contributed by atoms with Gasteiger partial charge in [-0.3, -0.25) is 19.1 Å². The smallest absolute Gasteiger partial charge is 0.329 e. The molecule has 0 spiro atoms. The molecule has 1 aliphatic rings. The van der Waals surface area contributed by atoms with Gasteiger partial charge in [0.15, 0.2) is 0 Å². The van der Waals surface area contributed by atoms with E-state index in [4.69, 9.17) is 4.42 Å². The van der Waals surface area contributed by atoms with Crippen molar-refractivity contribution in [3.63, 3.8) is 0 Å². The molecule has 2 N–H and O–H groups in total. The predicted octanol–water partition coefficient (Wildman–Crippen LogP) is 0.628. The van der Waals surface area contributed by atoms with E-state index in [1.165, 1.54) is 19.4 Å². The van der Waals surface area contributed by atoms with Gasteiger partial charge < -0.3 is 14.6 Å². The zero-order chi connectivity index (χ0) is 18.0. The van der Waals surface area contributed by atoms with Crippen molar-refractivity contribution in [3.8, 4) is 0 Å². The second-order valence-electron chi connectivity index (χ2n) is 6.20. The van der Waals surface area contributed by atoms with E-state index in [0.29, 0.717) is 36.7 Å². The van der Waals surface area contributed by atoms with Crippen molar-refractivity contribution >= 4 is 11.7 Å². The summed E-state index contributed by atoms with van der Waals surface area (Å²) in [7, 11) is 1.44. The lowest BCUT2D eigenvalue weighted by Gasteiger charge is -2.33. The van der Waals surface area contributed by atoms with Gasteiger partial charge in [0.05, 0.1) is 11.8 Å². The van der Waals surface area contributed by atoms with Crippen LogP contribution in [0.25, 0.3) is 0 Å². The standard InChI is InChI=1S/C17H22N4O4/c1-3-13-12(6-9-25-13)16(23)18-11-4-7-21(8-5-11)14-10-15(22)20(2)17(24)19-14/h6,9-11H,3-5,7-8H2,1-2H3,(H,18,23)(H,19,24). The zero-order valence-electron chi connectivity index (χ0n) is 14.4. The minimum absolute atomic E-state index is 0.0571. The highest BCUT2D eigenvalue weighted by Crippen LogP contribution is 2.17. The van der Waals surface area contributed by atoms with Gasteiger partial charge in [-0.1, -0.05) is 6.92 Å². The Bertz CT molecular complexity index is 840. The van der Waals surface area contributed by atoms with Crippen molar-refractivity contribution < 1.29 is 9.21 Å². The Morgan fingerprint density at radius 3 is 2.72 bits per heavy atom. The molecule has 2 aromatic heterocycles. The summed E-state index contributed by atoms with van der Waals surface area (Å²) in [6.45, 7) is 3.25. The van der Waals surface area contributed by atoms with Crippen LogP contribution in [0.3, 0.4) is 0 Å². The maximum Gasteiger partial charge on any atom is 0.329 e. The average Bonchev–Trinajstić information content (AvgIpc) is 3.09. The molecule has 8 nitrogen and oxygen atoms in total. The second kappa shape index (κ2) is 7.00. The van der Waals surface area contributed by atoms with Crippen molar-refractivity contribution in [2.24, 2.45) is 7.05 Å². The third-order valence-corrected chi connectivity index (χ3v) is 4.61.